The number of benzene rings is 1. The van der Waals surface area contributed by atoms with Gasteiger partial charge in [-0.2, -0.15) is 0 Å². The Balaban J connectivity index is 3.11. The molecular weight excluding hydrogens is 634 g/mol. The van der Waals surface area contributed by atoms with Gasteiger partial charge < -0.3 is 28.6 Å². The highest BCUT2D eigenvalue weighted by atomic mass is 16.6. The van der Waals surface area contributed by atoms with E-state index in [4.69, 9.17) is 23.7 Å². The summed E-state index contributed by atoms with van der Waals surface area (Å²) in [6.45, 7) is 11.3. The van der Waals surface area contributed by atoms with Gasteiger partial charge in [0, 0.05) is 32.2 Å². The normalized spacial score (nSPS) is 12.4. The first kappa shape index (κ1) is 45.2. The van der Waals surface area contributed by atoms with Crippen LogP contribution in [0.2, 0.25) is 0 Å². The zero-order valence-electron chi connectivity index (χ0n) is 32.8. The molecule has 0 amide bonds. The Morgan fingerprint density at radius 3 is 1.62 bits per heavy atom. The smallest absolute Gasteiger partial charge is 0.311 e. The molecule has 1 aromatic carbocycles. The van der Waals surface area contributed by atoms with Crippen LogP contribution in [0.4, 0.5) is 0 Å². The van der Waals surface area contributed by atoms with E-state index in [9.17, 15) is 14.4 Å². The maximum Gasteiger partial charge on any atom is 0.311 e. The molecule has 0 radical (unpaired) electrons. The van der Waals surface area contributed by atoms with Crippen molar-refractivity contribution < 1.29 is 38.1 Å². The fourth-order valence-corrected chi connectivity index (χ4v) is 5.51. The number of carbonyl (C=O) groups is 3. The minimum atomic E-state index is -0.438. The molecule has 9 heteroatoms. The second-order valence-corrected chi connectivity index (χ2v) is 13.9. The minimum Gasteiger partial charge on any atom is -0.487 e. The van der Waals surface area contributed by atoms with Crippen LogP contribution in [0.3, 0.4) is 0 Å². The van der Waals surface area contributed by atoms with Gasteiger partial charge in [0.2, 0.25) is 5.75 Å². The van der Waals surface area contributed by atoms with Crippen LogP contribution in [0.1, 0.15) is 169 Å². The highest BCUT2D eigenvalue weighted by molar-refractivity contribution is 5.75. The van der Waals surface area contributed by atoms with E-state index in [-0.39, 0.29) is 43.0 Å². The van der Waals surface area contributed by atoms with Crippen molar-refractivity contribution in [3.05, 3.63) is 17.7 Å². The Hall–Kier alpha value is -2.81. The van der Waals surface area contributed by atoms with Crippen molar-refractivity contribution >= 4 is 17.9 Å². The van der Waals surface area contributed by atoms with Crippen LogP contribution in [0, 0.1) is 0 Å². The van der Waals surface area contributed by atoms with E-state index in [1.54, 1.807) is 0 Å². The van der Waals surface area contributed by atoms with Crippen LogP contribution in [0.15, 0.2) is 12.1 Å². The summed E-state index contributed by atoms with van der Waals surface area (Å²) < 4.78 is 30.0. The van der Waals surface area contributed by atoms with Crippen LogP contribution in [0.5, 0.6) is 17.2 Å². The molecule has 0 N–H and O–H groups in total. The highest BCUT2D eigenvalue weighted by Gasteiger charge is 2.24. The molecule has 0 fully saturated rings. The molecule has 50 heavy (non-hydrogen) atoms. The Morgan fingerprint density at radius 1 is 0.640 bits per heavy atom. The molecule has 2 unspecified atom stereocenters. The number of ether oxygens (including phenoxy) is 5. The molecule has 0 saturated carbocycles. The van der Waals surface area contributed by atoms with E-state index in [0.717, 1.165) is 82.6 Å². The molecular formula is C41H71NO8. The van der Waals surface area contributed by atoms with E-state index in [1.165, 1.54) is 19.3 Å². The first-order valence-corrected chi connectivity index (χ1v) is 19.8. The Morgan fingerprint density at radius 2 is 1.12 bits per heavy atom. The van der Waals surface area contributed by atoms with E-state index >= 15 is 0 Å². The van der Waals surface area contributed by atoms with Gasteiger partial charge in [0.05, 0.1) is 12.7 Å². The standard InChI is InChI=1S/C41H71NO8/c1-8-12-15-18-21-24-38(43)46-28-27-33(5)48-36-29-34(31-42(6)7)30-37(41(36)50-40(45)26-23-20-17-14-10-3)49-35(11-4)32-47-39(44)25-22-19-16-13-9-2/h29-30,33,35H,8-28,31-32H2,1-7H3. The van der Waals surface area contributed by atoms with Gasteiger partial charge in [0.15, 0.2) is 11.5 Å². The topological polar surface area (TPSA) is 101 Å². The van der Waals surface area contributed by atoms with Crippen molar-refractivity contribution in [1.29, 1.82) is 0 Å². The van der Waals surface area contributed by atoms with Gasteiger partial charge in [-0.15, -0.1) is 0 Å². The van der Waals surface area contributed by atoms with E-state index in [2.05, 4.69) is 20.8 Å². The lowest BCUT2D eigenvalue weighted by Crippen LogP contribution is -2.25. The molecule has 1 aromatic rings. The maximum atomic E-state index is 13.2. The predicted octanol–water partition coefficient (Wildman–Crippen LogP) is 10.1. The van der Waals surface area contributed by atoms with Crippen LogP contribution in [0.25, 0.3) is 0 Å². The summed E-state index contributed by atoms with van der Waals surface area (Å²) in [7, 11) is 3.95. The van der Waals surface area contributed by atoms with Crippen molar-refractivity contribution in [2.75, 3.05) is 27.3 Å². The van der Waals surface area contributed by atoms with Gasteiger partial charge in [-0.25, -0.2) is 0 Å². The molecule has 0 aliphatic heterocycles. The Labute approximate surface area is 304 Å². The van der Waals surface area contributed by atoms with E-state index in [0.29, 0.717) is 50.1 Å². The van der Waals surface area contributed by atoms with E-state index in [1.807, 2.05) is 45.0 Å². The third-order valence-electron chi connectivity index (χ3n) is 8.54. The summed E-state index contributed by atoms with van der Waals surface area (Å²) >= 11 is 0. The average Bonchev–Trinajstić information content (AvgIpc) is 3.07. The van der Waals surface area contributed by atoms with Gasteiger partial charge >= 0.3 is 17.9 Å². The van der Waals surface area contributed by atoms with Gasteiger partial charge in [0.25, 0.3) is 0 Å². The van der Waals surface area contributed by atoms with Gasteiger partial charge in [0.1, 0.15) is 12.7 Å². The molecule has 2 atom stereocenters. The summed E-state index contributed by atoms with van der Waals surface area (Å²) in [4.78, 5) is 40.0. The number of esters is 3. The van der Waals surface area contributed by atoms with Crippen molar-refractivity contribution in [1.82, 2.24) is 4.90 Å². The third kappa shape index (κ3) is 22.1. The largest absolute Gasteiger partial charge is 0.487 e. The summed E-state index contributed by atoms with van der Waals surface area (Å²) in [5, 5.41) is 0. The zero-order chi connectivity index (χ0) is 37.0. The fraction of sp³-hybridized carbons (Fsp3) is 0.780. The van der Waals surface area contributed by atoms with Crippen molar-refractivity contribution in [2.24, 2.45) is 0 Å². The molecule has 0 heterocycles. The number of rotatable bonds is 31. The van der Waals surface area contributed by atoms with Crippen LogP contribution >= 0.6 is 0 Å². The molecule has 9 nitrogen and oxygen atoms in total. The minimum absolute atomic E-state index is 0.101. The summed E-state index contributed by atoms with van der Waals surface area (Å²) in [5.74, 6) is 0.237. The molecule has 0 saturated heterocycles. The number of carbonyl (C=O) groups excluding carboxylic acids is 3. The van der Waals surface area contributed by atoms with Crippen molar-refractivity contribution in [2.45, 2.75) is 182 Å². The quantitative estimate of drug-likeness (QED) is 0.0424. The van der Waals surface area contributed by atoms with Crippen molar-refractivity contribution in [3.63, 3.8) is 0 Å². The number of hydrogen-bond donors (Lipinski definition) is 0. The summed E-state index contributed by atoms with van der Waals surface area (Å²) in [6, 6.07) is 3.76. The first-order valence-electron chi connectivity index (χ1n) is 19.8. The summed E-state index contributed by atoms with van der Waals surface area (Å²) in [6.07, 6.45) is 17.2. The molecule has 0 aliphatic rings. The fourth-order valence-electron chi connectivity index (χ4n) is 5.51. The molecule has 0 spiro atoms. The van der Waals surface area contributed by atoms with Crippen LogP contribution in [-0.4, -0.2) is 62.3 Å². The molecule has 0 bridgehead atoms. The number of nitrogens with zero attached hydrogens (tertiary/aromatic N) is 1. The number of hydrogen-bond acceptors (Lipinski definition) is 9. The molecule has 0 aliphatic carbocycles. The van der Waals surface area contributed by atoms with Gasteiger partial charge in [-0.05, 0) is 64.4 Å². The van der Waals surface area contributed by atoms with Gasteiger partial charge in [-0.1, -0.05) is 105 Å². The van der Waals surface area contributed by atoms with Crippen LogP contribution in [-0.2, 0) is 30.4 Å². The second kappa shape index (κ2) is 28.8. The lowest BCUT2D eigenvalue weighted by Gasteiger charge is -2.24. The highest BCUT2D eigenvalue weighted by Crippen LogP contribution is 2.41. The van der Waals surface area contributed by atoms with E-state index < -0.39 is 6.10 Å². The first-order chi connectivity index (χ1) is 24.1. The van der Waals surface area contributed by atoms with Crippen molar-refractivity contribution in [3.8, 4) is 17.2 Å². The number of unbranched alkanes of at least 4 members (excludes halogenated alkanes) is 12. The monoisotopic (exact) mass is 706 g/mol. The lowest BCUT2D eigenvalue weighted by atomic mass is 10.1. The molecule has 0 aromatic heterocycles. The van der Waals surface area contributed by atoms with Gasteiger partial charge in [-0.3, -0.25) is 14.4 Å². The zero-order valence-corrected chi connectivity index (χ0v) is 32.8. The molecule has 1 rings (SSSR count). The Bertz CT molecular complexity index is 1060. The third-order valence-corrected chi connectivity index (χ3v) is 8.54. The SMILES string of the molecule is CCCCCCCC(=O)OCCC(C)Oc1cc(CN(C)C)cc(OC(CC)COC(=O)CCCCCCC)c1OC(=O)CCCCCCC. The second-order valence-electron chi connectivity index (χ2n) is 13.9. The Kier molecular flexibility index (Phi) is 26.1. The average molecular weight is 706 g/mol. The lowest BCUT2D eigenvalue weighted by molar-refractivity contribution is -0.146. The van der Waals surface area contributed by atoms with Crippen LogP contribution < -0.4 is 14.2 Å². The maximum absolute atomic E-state index is 13.2. The predicted molar refractivity (Wildman–Crippen MR) is 201 cm³/mol. The molecule has 288 valence electrons. The summed E-state index contributed by atoms with van der Waals surface area (Å²) in [5.41, 5.74) is 0.917.